The molecule has 0 bridgehead atoms. The second-order valence-corrected chi connectivity index (χ2v) is 4.85. The van der Waals surface area contributed by atoms with Crippen LogP contribution in [0.5, 0.6) is 0 Å². The zero-order valence-electron chi connectivity index (χ0n) is 9.94. The summed E-state index contributed by atoms with van der Waals surface area (Å²) in [6.45, 7) is 4.76. The number of hydrogen-bond acceptors (Lipinski definition) is 3. The lowest BCUT2D eigenvalue weighted by Gasteiger charge is -2.43. The number of rotatable bonds is 2. The first-order valence-corrected chi connectivity index (χ1v) is 5.85. The van der Waals surface area contributed by atoms with Gasteiger partial charge in [0, 0.05) is 30.8 Å². The maximum Gasteiger partial charge on any atom is 0.0960 e. The van der Waals surface area contributed by atoms with Gasteiger partial charge < -0.3 is 9.84 Å². The van der Waals surface area contributed by atoms with Crippen LogP contribution in [0.3, 0.4) is 0 Å². The second-order valence-electron chi connectivity index (χ2n) is 4.85. The third-order valence-electron chi connectivity index (χ3n) is 3.58. The molecule has 1 aliphatic heterocycles. The maximum absolute atomic E-state index is 10.7. The lowest BCUT2D eigenvalue weighted by Crippen LogP contribution is -2.45. The van der Waals surface area contributed by atoms with Crippen molar-refractivity contribution in [1.82, 2.24) is 4.98 Å². The van der Waals surface area contributed by atoms with Gasteiger partial charge in [0.25, 0.3) is 0 Å². The second kappa shape index (κ2) is 4.15. The zero-order valence-corrected chi connectivity index (χ0v) is 9.94. The van der Waals surface area contributed by atoms with Gasteiger partial charge in [0.15, 0.2) is 0 Å². The van der Waals surface area contributed by atoms with Crippen molar-refractivity contribution in [2.45, 2.75) is 44.3 Å². The number of ether oxygens (including phenoxy) is 1. The smallest absolute Gasteiger partial charge is 0.0960 e. The third-order valence-corrected chi connectivity index (χ3v) is 3.58. The molecule has 0 aliphatic carbocycles. The number of aromatic nitrogens is 1. The summed E-state index contributed by atoms with van der Waals surface area (Å²) < 4.78 is 5.75. The largest absolute Gasteiger partial charge is 0.385 e. The minimum atomic E-state index is -0.780. The van der Waals surface area contributed by atoms with Crippen LogP contribution in [0.15, 0.2) is 24.5 Å². The minimum absolute atomic E-state index is 0.219. The molecule has 0 aromatic carbocycles. The van der Waals surface area contributed by atoms with Gasteiger partial charge in [0.05, 0.1) is 17.8 Å². The fourth-order valence-corrected chi connectivity index (χ4v) is 2.34. The highest BCUT2D eigenvalue weighted by Crippen LogP contribution is 2.40. The Kier molecular flexibility index (Phi) is 3.00. The van der Waals surface area contributed by atoms with E-state index >= 15 is 0 Å². The van der Waals surface area contributed by atoms with E-state index in [4.69, 9.17) is 4.74 Å². The summed E-state index contributed by atoms with van der Waals surface area (Å²) in [4.78, 5) is 4.08. The van der Waals surface area contributed by atoms with Crippen molar-refractivity contribution in [1.29, 1.82) is 0 Å². The highest BCUT2D eigenvalue weighted by molar-refractivity contribution is 5.19. The van der Waals surface area contributed by atoms with Gasteiger partial charge in [0.2, 0.25) is 0 Å². The van der Waals surface area contributed by atoms with Crippen LogP contribution in [0.4, 0.5) is 0 Å². The molecule has 1 aliphatic rings. The van der Waals surface area contributed by atoms with Gasteiger partial charge in [-0.25, -0.2) is 0 Å². The molecule has 2 unspecified atom stereocenters. The van der Waals surface area contributed by atoms with Gasteiger partial charge in [-0.2, -0.15) is 0 Å². The lowest BCUT2D eigenvalue weighted by atomic mass is 9.78. The maximum atomic E-state index is 10.7. The molecule has 2 atom stereocenters. The monoisotopic (exact) mass is 221 g/mol. The van der Waals surface area contributed by atoms with Gasteiger partial charge in [0.1, 0.15) is 0 Å². The highest BCUT2D eigenvalue weighted by atomic mass is 16.5. The molecule has 1 aromatic rings. The van der Waals surface area contributed by atoms with Crippen molar-refractivity contribution in [3.8, 4) is 0 Å². The standard InChI is InChI=1S/C13H19NO2/c1-3-12(2)10-13(15,6-8-16-12)11-5-4-7-14-9-11/h4-5,7,9,15H,3,6,8,10H2,1-2H3. The van der Waals surface area contributed by atoms with Crippen molar-refractivity contribution in [3.63, 3.8) is 0 Å². The fourth-order valence-electron chi connectivity index (χ4n) is 2.34. The van der Waals surface area contributed by atoms with Gasteiger partial charge in [-0.3, -0.25) is 4.98 Å². The Balaban J connectivity index is 2.25. The molecule has 2 rings (SSSR count). The van der Waals surface area contributed by atoms with Crippen molar-refractivity contribution in [2.24, 2.45) is 0 Å². The van der Waals surface area contributed by atoms with Crippen molar-refractivity contribution >= 4 is 0 Å². The molecule has 1 fully saturated rings. The molecular weight excluding hydrogens is 202 g/mol. The predicted octanol–water partition coefficient (Wildman–Crippen LogP) is 2.25. The first-order valence-electron chi connectivity index (χ1n) is 5.85. The van der Waals surface area contributed by atoms with E-state index in [2.05, 4.69) is 18.8 Å². The van der Waals surface area contributed by atoms with Crippen molar-refractivity contribution < 1.29 is 9.84 Å². The molecule has 0 radical (unpaired) electrons. The molecule has 16 heavy (non-hydrogen) atoms. The van der Waals surface area contributed by atoms with Gasteiger partial charge in [-0.15, -0.1) is 0 Å². The van der Waals surface area contributed by atoms with E-state index in [1.807, 2.05) is 12.1 Å². The zero-order chi connectivity index (χ0) is 11.6. The van der Waals surface area contributed by atoms with Crippen LogP contribution in [-0.4, -0.2) is 22.3 Å². The molecule has 0 amide bonds. The van der Waals surface area contributed by atoms with E-state index in [9.17, 15) is 5.11 Å². The van der Waals surface area contributed by atoms with Crippen LogP contribution < -0.4 is 0 Å². The van der Waals surface area contributed by atoms with E-state index < -0.39 is 5.60 Å². The summed E-state index contributed by atoms with van der Waals surface area (Å²) in [6, 6.07) is 3.81. The van der Waals surface area contributed by atoms with Crippen LogP contribution >= 0.6 is 0 Å². The van der Waals surface area contributed by atoms with Crippen molar-refractivity contribution in [3.05, 3.63) is 30.1 Å². The lowest BCUT2D eigenvalue weighted by molar-refractivity contribution is -0.157. The molecule has 3 nitrogen and oxygen atoms in total. The SMILES string of the molecule is CCC1(C)CC(O)(c2cccnc2)CCO1. The van der Waals surface area contributed by atoms with Crippen LogP contribution in [0.2, 0.25) is 0 Å². The molecule has 88 valence electrons. The van der Waals surface area contributed by atoms with E-state index in [0.717, 1.165) is 12.0 Å². The molecule has 1 aromatic heterocycles. The van der Waals surface area contributed by atoms with Gasteiger partial charge in [-0.05, 0) is 19.4 Å². The number of nitrogens with zero attached hydrogens (tertiary/aromatic N) is 1. The Hall–Kier alpha value is -0.930. The average molecular weight is 221 g/mol. The first kappa shape index (κ1) is 11.6. The predicted molar refractivity (Wildman–Crippen MR) is 62.0 cm³/mol. The fraction of sp³-hybridized carbons (Fsp3) is 0.615. The van der Waals surface area contributed by atoms with Gasteiger partial charge in [-0.1, -0.05) is 13.0 Å². The summed E-state index contributed by atoms with van der Waals surface area (Å²) in [5.74, 6) is 0. The van der Waals surface area contributed by atoms with Crippen LogP contribution in [-0.2, 0) is 10.3 Å². The van der Waals surface area contributed by atoms with Crippen LogP contribution in [0, 0.1) is 0 Å². The number of pyridine rings is 1. The molecular formula is C13H19NO2. The summed E-state index contributed by atoms with van der Waals surface area (Å²) in [7, 11) is 0. The summed E-state index contributed by atoms with van der Waals surface area (Å²) in [5, 5.41) is 10.7. The highest BCUT2D eigenvalue weighted by Gasteiger charge is 2.42. The Bertz CT molecular complexity index is 354. The topological polar surface area (TPSA) is 42.4 Å². The Labute approximate surface area is 96.5 Å². The first-order chi connectivity index (χ1) is 7.58. The third kappa shape index (κ3) is 2.11. The van der Waals surface area contributed by atoms with E-state index in [0.29, 0.717) is 19.4 Å². The summed E-state index contributed by atoms with van der Waals surface area (Å²) in [6.07, 6.45) is 5.68. The normalized spacial score (nSPS) is 34.9. The van der Waals surface area contributed by atoms with Crippen molar-refractivity contribution in [2.75, 3.05) is 6.61 Å². The van der Waals surface area contributed by atoms with Crippen LogP contribution in [0.25, 0.3) is 0 Å². The van der Waals surface area contributed by atoms with E-state index in [1.165, 1.54) is 0 Å². The Morgan fingerprint density at radius 3 is 3.00 bits per heavy atom. The quantitative estimate of drug-likeness (QED) is 0.833. The van der Waals surface area contributed by atoms with E-state index in [-0.39, 0.29) is 5.60 Å². The minimum Gasteiger partial charge on any atom is -0.385 e. The molecule has 1 saturated heterocycles. The van der Waals surface area contributed by atoms with E-state index in [1.54, 1.807) is 12.4 Å². The van der Waals surface area contributed by atoms with Gasteiger partial charge >= 0.3 is 0 Å². The molecule has 0 spiro atoms. The Morgan fingerprint density at radius 2 is 2.38 bits per heavy atom. The average Bonchev–Trinajstić information content (AvgIpc) is 2.30. The molecule has 3 heteroatoms. The Morgan fingerprint density at radius 1 is 1.56 bits per heavy atom. The number of aliphatic hydroxyl groups is 1. The number of hydrogen-bond donors (Lipinski definition) is 1. The molecule has 2 heterocycles. The summed E-state index contributed by atoms with van der Waals surface area (Å²) >= 11 is 0. The van der Waals surface area contributed by atoms with Crippen LogP contribution in [0.1, 0.15) is 38.7 Å². The summed E-state index contributed by atoms with van der Waals surface area (Å²) in [5.41, 5.74) is -0.0990. The molecule has 0 saturated carbocycles. The molecule has 1 N–H and O–H groups in total.